The number of benzene rings is 4. The van der Waals surface area contributed by atoms with Crippen LogP contribution in [-0.2, 0) is 19.7 Å². The third kappa shape index (κ3) is 6.23. The van der Waals surface area contributed by atoms with Crippen LogP contribution in [0.3, 0.4) is 0 Å². The number of hydrogen-bond acceptors (Lipinski definition) is 3. The van der Waals surface area contributed by atoms with Crippen molar-refractivity contribution in [3.05, 3.63) is 131 Å². The Balaban J connectivity index is 1.53. The normalized spacial score (nSPS) is 10.6. The molecule has 178 valence electrons. The van der Waals surface area contributed by atoms with E-state index in [1.54, 1.807) is 29.2 Å². The van der Waals surface area contributed by atoms with Gasteiger partial charge in [-0.1, -0.05) is 54.6 Å². The predicted molar refractivity (Wildman–Crippen MR) is 130 cm³/mol. The Morgan fingerprint density at radius 1 is 0.771 bits per heavy atom. The zero-order valence-electron chi connectivity index (χ0n) is 19.3. The number of methoxy groups -OCH3 is 1. The van der Waals surface area contributed by atoms with Gasteiger partial charge in [-0.25, -0.2) is 8.78 Å². The van der Waals surface area contributed by atoms with E-state index in [-0.39, 0.29) is 18.1 Å². The van der Waals surface area contributed by atoms with Crippen LogP contribution in [0.1, 0.15) is 27.0 Å². The predicted octanol–water partition coefficient (Wildman–Crippen LogP) is 6.40. The lowest BCUT2D eigenvalue weighted by Crippen LogP contribution is -2.30. The number of carbonyl (C=O) groups is 1. The van der Waals surface area contributed by atoms with E-state index in [4.69, 9.17) is 9.47 Å². The summed E-state index contributed by atoms with van der Waals surface area (Å²) in [6, 6.07) is 27.7. The van der Waals surface area contributed by atoms with Crippen molar-refractivity contribution in [2.75, 3.05) is 7.11 Å². The maximum absolute atomic E-state index is 13.9. The van der Waals surface area contributed by atoms with Gasteiger partial charge in [0.2, 0.25) is 0 Å². The first-order valence-electron chi connectivity index (χ1n) is 11.2. The van der Waals surface area contributed by atoms with Crippen molar-refractivity contribution in [3.63, 3.8) is 0 Å². The molecule has 4 rings (SSSR count). The summed E-state index contributed by atoms with van der Waals surface area (Å²) in [4.78, 5) is 15.1. The molecule has 0 aliphatic carbocycles. The van der Waals surface area contributed by atoms with E-state index in [9.17, 15) is 13.6 Å². The fraction of sp³-hybridized carbons (Fsp3) is 0.138. The third-order valence-electron chi connectivity index (χ3n) is 5.52. The molecule has 0 heterocycles. The van der Waals surface area contributed by atoms with Crippen molar-refractivity contribution in [3.8, 4) is 11.5 Å². The van der Waals surface area contributed by atoms with E-state index in [0.29, 0.717) is 30.2 Å². The molecular formula is C29H25F2NO3. The zero-order valence-corrected chi connectivity index (χ0v) is 19.3. The van der Waals surface area contributed by atoms with E-state index in [0.717, 1.165) is 17.2 Å². The summed E-state index contributed by atoms with van der Waals surface area (Å²) in [6.45, 7) is 0.722. The Kier molecular flexibility index (Phi) is 7.73. The lowest BCUT2D eigenvalue weighted by molar-refractivity contribution is 0.0730. The molecule has 0 fully saturated rings. The van der Waals surface area contributed by atoms with Gasteiger partial charge in [0.1, 0.15) is 18.2 Å². The maximum Gasteiger partial charge on any atom is 0.254 e. The topological polar surface area (TPSA) is 38.8 Å². The third-order valence-corrected chi connectivity index (χ3v) is 5.52. The number of amides is 1. The molecule has 0 bridgehead atoms. The van der Waals surface area contributed by atoms with Crippen molar-refractivity contribution in [1.29, 1.82) is 0 Å². The smallest absolute Gasteiger partial charge is 0.254 e. The lowest BCUT2D eigenvalue weighted by Gasteiger charge is -2.24. The minimum Gasteiger partial charge on any atom is -0.493 e. The highest BCUT2D eigenvalue weighted by atomic mass is 19.1. The molecule has 0 atom stereocenters. The minimum absolute atomic E-state index is 0.0750. The number of carbonyl (C=O) groups excluding carboxylic acids is 1. The highest BCUT2D eigenvalue weighted by Crippen LogP contribution is 2.30. The molecule has 0 unspecified atom stereocenters. The van der Waals surface area contributed by atoms with E-state index in [2.05, 4.69) is 0 Å². The molecule has 1 amide bonds. The summed E-state index contributed by atoms with van der Waals surface area (Å²) in [5.74, 6) is -0.517. The van der Waals surface area contributed by atoms with Gasteiger partial charge in [0.05, 0.1) is 7.11 Å². The van der Waals surface area contributed by atoms with Crippen LogP contribution >= 0.6 is 0 Å². The second kappa shape index (κ2) is 11.3. The SMILES string of the molecule is COc1cc(CN(Cc2ccccc2)C(=O)c2ccccc2)ccc1OCc1ccc(F)cc1F. The Morgan fingerprint density at radius 2 is 1.46 bits per heavy atom. The molecule has 0 aliphatic heterocycles. The van der Waals surface area contributed by atoms with Crippen molar-refractivity contribution >= 4 is 5.91 Å². The molecule has 0 spiro atoms. The lowest BCUT2D eigenvalue weighted by atomic mass is 10.1. The van der Waals surface area contributed by atoms with E-state index in [1.165, 1.54) is 19.2 Å². The summed E-state index contributed by atoms with van der Waals surface area (Å²) < 4.78 is 38.3. The summed E-state index contributed by atoms with van der Waals surface area (Å²) >= 11 is 0. The molecule has 4 aromatic carbocycles. The fourth-order valence-electron chi connectivity index (χ4n) is 3.71. The average Bonchev–Trinajstić information content (AvgIpc) is 2.89. The van der Waals surface area contributed by atoms with Gasteiger partial charge >= 0.3 is 0 Å². The number of hydrogen-bond donors (Lipinski definition) is 0. The summed E-state index contributed by atoms with van der Waals surface area (Å²) in [5, 5.41) is 0. The molecule has 0 saturated heterocycles. The molecule has 0 aromatic heterocycles. The first kappa shape index (κ1) is 24.0. The monoisotopic (exact) mass is 473 g/mol. The standard InChI is InChI=1S/C29H25F2NO3/c1-34-28-16-22(12-15-27(28)35-20-24-13-14-25(30)17-26(24)31)19-32(18-21-8-4-2-5-9-21)29(33)23-10-6-3-7-11-23/h2-17H,18-20H2,1H3. The van der Waals surface area contributed by atoms with Gasteiger partial charge in [-0.15, -0.1) is 0 Å². The molecule has 0 N–H and O–H groups in total. The van der Waals surface area contributed by atoms with Gasteiger partial charge < -0.3 is 14.4 Å². The fourth-order valence-corrected chi connectivity index (χ4v) is 3.71. The zero-order chi connectivity index (χ0) is 24.6. The Morgan fingerprint density at radius 3 is 2.14 bits per heavy atom. The van der Waals surface area contributed by atoms with Crippen LogP contribution in [-0.4, -0.2) is 17.9 Å². The van der Waals surface area contributed by atoms with Crippen molar-refractivity contribution in [2.24, 2.45) is 0 Å². The first-order chi connectivity index (χ1) is 17.0. The largest absolute Gasteiger partial charge is 0.493 e. The van der Waals surface area contributed by atoms with Crippen LogP contribution in [0.2, 0.25) is 0 Å². The highest BCUT2D eigenvalue weighted by molar-refractivity contribution is 5.94. The van der Waals surface area contributed by atoms with Gasteiger partial charge in [0.25, 0.3) is 5.91 Å². The summed E-state index contributed by atoms with van der Waals surface area (Å²) in [6.07, 6.45) is 0. The maximum atomic E-state index is 13.9. The molecule has 0 radical (unpaired) electrons. The van der Waals surface area contributed by atoms with Gasteiger partial charge in [-0.05, 0) is 47.5 Å². The molecular weight excluding hydrogens is 448 g/mol. The summed E-state index contributed by atoms with van der Waals surface area (Å²) in [5.41, 5.74) is 2.71. The van der Waals surface area contributed by atoms with Crippen LogP contribution < -0.4 is 9.47 Å². The second-order valence-electron chi connectivity index (χ2n) is 8.02. The van der Waals surface area contributed by atoms with E-state index >= 15 is 0 Å². The molecule has 4 nitrogen and oxygen atoms in total. The first-order valence-corrected chi connectivity index (χ1v) is 11.2. The molecule has 0 aliphatic rings. The summed E-state index contributed by atoms with van der Waals surface area (Å²) in [7, 11) is 1.52. The van der Waals surface area contributed by atoms with Crippen LogP contribution in [0, 0.1) is 11.6 Å². The van der Waals surface area contributed by atoms with E-state index in [1.807, 2.05) is 54.6 Å². The Bertz CT molecular complexity index is 1280. The highest BCUT2D eigenvalue weighted by Gasteiger charge is 2.18. The molecule has 6 heteroatoms. The van der Waals surface area contributed by atoms with Crippen molar-refractivity contribution in [2.45, 2.75) is 19.7 Å². The molecule has 35 heavy (non-hydrogen) atoms. The van der Waals surface area contributed by atoms with Crippen molar-refractivity contribution in [1.82, 2.24) is 4.90 Å². The van der Waals surface area contributed by atoms with Crippen LogP contribution in [0.15, 0.2) is 97.1 Å². The average molecular weight is 474 g/mol. The van der Waals surface area contributed by atoms with Gasteiger partial charge in [0.15, 0.2) is 11.5 Å². The minimum atomic E-state index is -0.670. The number of rotatable bonds is 9. The Labute approximate surface area is 203 Å². The van der Waals surface area contributed by atoms with Gasteiger partial charge in [-0.3, -0.25) is 4.79 Å². The molecule has 0 saturated carbocycles. The quantitative estimate of drug-likeness (QED) is 0.283. The van der Waals surface area contributed by atoms with Crippen molar-refractivity contribution < 1.29 is 23.0 Å². The van der Waals surface area contributed by atoms with Crippen LogP contribution in [0.4, 0.5) is 8.78 Å². The molecule has 4 aromatic rings. The number of halogens is 2. The van der Waals surface area contributed by atoms with Crippen LogP contribution in [0.25, 0.3) is 0 Å². The van der Waals surface area contributed by atoms with Gasteiger partial charge in [0, 0.05) is 30.3 Å². The van der Waals surface area contributed by atoms with E-state index < -0.39 is 11.6 Å². The van der Waals surface area contributed by atoms with Crippen LogP contribution in [0.5, 0.6) is 11.5 Å². The Hall–Kier alpha value is -4.19. The van der Waals surface area contributed by atoms with Gasteiger partial charge in [-0.2, -0.15) is 0 Å². The number of nitrogens with zero attached hydrogens (tertiary/aromatic N) is 1. The second-order valence-corrected chi connectivity index (χ2v) is 8.02. The number of ether oxygens (including phenoxy) is 2.